The summed E-state index contributed by atoms with van der Waals surface area (Å²) in [5, 5.41) is 2.96. The first kappa shape index (κ1) is 17.0. The van der Waals surface area contributed by atoms with Crippen molar-refractivity contribution in [2.24, 2.45) is 0 Å². The molecule has 0 amide bonds. The summed E-state index contributed by atoms with van der Waals surface area (Å²) in [6.07, 6.45) is -1.76. The average Bonchev–Trinajstić information content (AvgIpc) is 2.54. The van der Waals surface area contributed by atoms with Gasteiger partial charge in [0.2, 0.25) is 0 Å². The van der Waals surface area contributed by atoms with E-state index in [2.05, 4.69) is 10.3 Å². The monoisotopic (exact) mass is 355 g/mol. The van der Waals surface area contributed by atoms with Gasteiger partial charge in [-0.2, -0.15) is 13.2 Å². The number of aromatic nitrogens is 1. The number of nitrogens with zero attached hydrogens (tertiary/aromatic N) is 2. The Balaban J connectivity index is 2.33. The number of nitrogens with one attached hydrogen (secondary N) is 1. The molecule has 1 aromatic heterocycles. The van der Waals surface area contributed by atoms with Gasteiger partial charge in [0.1, 0.15) is 5.41 Å². The van der Waals surface area contributed by atoms with Crippen molar-refractivity contribution in [2.45, 2.75) is 31.5 Å². The van der Waals surface area contributed by atoms with E-state index in [0.717, 1.165) is 0 Å². The lowest BCUT2D eigenvalue weighted by Gasteiger charge is -2.44. The van der Waals surface area contributed by atoms with Crippen LogP contribution in [0.25, 0.3) is 0 Å². The summed E-state index contributed by atoms with van der Waals surface area (Å²) in [7, 11) is 0. The summed E-state index contributed by atoms with van der Waals surface area (Å²) in [5.41, 5.74) is -1.37. The van der Waals surface area contributed by atoms with Crippen LogP contribution in [0.15, 0.2) is 42.7 Å². The van der Waals surface area contributed by atoms with Crippen LogP contribution in [0.3, 0.4) is 0 Å². The molecule has 0 saturated heterocycles. The Morgan fingerprint density at radius 3 is 2.50 bits per heavy atom. The Bertz CT molecular complexity index is 698. The number of halogens is 4. The van der Waals surface area contributed by atoms with E-state index >= 15 is 0 Å². The number of alkyl halides is 3. The highest BCUT2D eigenvalue weighted by atomic mass is 35.5. The van der Waals surface area contributed by atoms with E-state index in [1.54, 1.807) is 18.2 Å². The molecule has 1 unspecified atom stereocenters. The molecule has 1 N–H and O–H groups in total. The van der Waals surface area contributed by atoms with E-state index in [1.807, 2.05) is 13.8 Å². The third-order valence-corrected chi connectivity index (χ3v) is 4.67. The van der Waals surface area contributed by atoms with Gasteiger partial charge in [0, 0.05) is 36.1 Å². The summed E-state index contributed by atoms with van der Waals surface area (Å²) < 4.78 is 44.5. The first-order valence-corrected chi connectivity index (χ1v) is 7.93. The Labute approximate surface area is 143 Å². The van der Waals surface area contributed by atoms with Crippen LogP contribution in [0.4, 0.5) is 24.5 Å². The maximum absolute atomic E-state index is 14.4. The number of hydrogen-bond donors (Lipinski definition) is 1. The van der Waals surface area contributed by atoms with Gasteiger partial charge < -0.3 is 5.32 Å². The summed E-state index contributed by atoms with van der Waals surface area (Å²) in [5.74, 6) is 0. The second kappa shape index (κ2) is 5.93. The summed E-state index contributed by atoms with van der Waals surface area (Å²) in [4.78, 5) is 3.95. The Morgan fingerprint density at radius 1 is 1.17 bits per heavy atom. The van der Waals surface area contributed by atoms with Crippen LogP contribution in [0.2, 0.25) is 0 Å². The van der Waals surface area contributed by atoms with Crippen LogP contribution in [-0.4, -0.2) is 23.7 Å². The third-order valence-electron chi connectivity index (χ3n) is 4.31. The van der Waals surface area contributed by atoms with Gasteiger partial charge in [-0.3, -0.25) is 9.40 Å². The van der Waals surface area contributed by atoms with Gasteiger partial charge in [-0.05, 0) is 17.7 Å². The SMILES string of the molecule is CC(C)NCC1(C(F)(F)F)c2ccccc2N(Cl)c2cnccc21. The zero-order chi connectivity index (χ0) is 17.5. The number of anilines is 2. The molecule has 3 nitrogen and oxygen atoms in total. The molecule has 1 aromatic carbocycles. The minimum absolute atomic E-state index is 0.0873. The second-order valence-electron chi connectivity index (χ2n) is 6.13. The molecular formula is C17H17ClF3N3. The molecule has 0 spiro atoms. The van der Waals surface area contributed by atoms with Crippen molar-refractivity contribution in [1.29, 1.82) is 0 Å². The summed E-state index contributed by atoms with van der Waals surface area (Å²) >= 11 is 6.32. The number of para-hydroxylation sites is 1. The van der Waals surface area contributed by atoms with E-state index in [-0.39, 0.29) is 29.4 Å². The highest BCUT2D eigenvalue weighted by Crippen LogP contribution is 2.56. The molecule has 1 aliphatic rings. The molecule has 1 aliphatic heterocycles. The molecule has 1 atom stereocenters. The molecule has 2 aromatic rings. The Morgan fingerprint density at radius 2 is 1.83 bits per heavy atom. The molecule has 24 heavy (non-hydrogen) atoms. The van der Waals surface area contributed by atoms with Crippen molar-refractivity contribution in [3.8, 4) is 0 Å². The van der Waals surface area contributed by atoms with Crippen LogP contribution >= 0.6 is 11.8 Å². The Hall–Kier alpha value is -1.79. The fourth-order valence-electron chi connectivity index (χ4n) is 3.14. The lowest BCUT2D eigenvalue weighted by Crippen LogP contribution is -2.54. The van der Waals surface area contributed by atoms with Gasteiger partial charge in [0.25, 0.3) is 0 Å². The van der Waals surface area contributed by atoms with E-state index < -0.39 is 11.6 Å². The lowest BCUT2D eigenvalue weighted by atomic mass is 9.70. The second-order valence-corrected chi connectivity index (χ2v) is 6.47. The zero-order valence-electron chi connectivity index (χ0n) is 13.2. The summed E-state index contributed by atoms with van der Waals surface area (Å²) in [6, 6.07) is 7.67. The Kier molecular flexibility index (Phi) is 4.21. The molecule has 0 saturated carbocycles. The van der Waals surface area contributed by atoms with Crippen molar-refractivity contribution in [3.05, 3.63) is 53.9 Å². The lowest BCUT2D eigenvalue weighted by molar-refractivity contribution is -0.177. The largest absolute Gasteiger partial charge is 0.403 e. The topological polar surface area (TPSA) is 28.2 Å². The molecule has 7 heteroatoms. The average molecular weight is 356 g/mol. The number of pyridine rings is 1. The van der Waals surface area contributed by atoms with E-state index in [0.29, 0.717) is 5.69 Å². The quantitative estimate of drug-likeness (QED) is 0.820. The first-order chi connectivity index (χ1) is 11.3. The minimum atomic E-state index is -4.50. The van der Waals surface area contributed by atoms with Crippen LogP contribution < -0.4 is 9.74 Å². The van der Waals surface area contributed by atoms with Gasteiger partial charge >= 0.3 is 6.18 Å². The third kappa shape index (κ3) is 2.45. The molecule has 0 fully saturated rings. The molecular weight excluding hydrogens is 339 g/mol. The maximum atomic E-state index is 14.4. The molecule has 3 rings (SSSR count). The first-order valence-electron chi connectivity index (χ1n) is 7.59. The van der Waals surface area contributed by atoms with Gasteiger partial charge in [0.15, 0.2) is 0 Å². The molecule has 128 valence electrons. The molecule has 2 heterocycles. The van der Waals surface area contributed by atoms with Crippen molar-refractivity contribution in [3.63, 3.8) is 0 Å². The number of benzene rings is 1. The van der Waals surface area contributed by atoms with Crippen molar-refractivity contribution >= 4 is 23.2 Å². The number of fused-ring (bicyclic) bond motifs is 2. The molecule has 0 aliphatic carbocycles. The standard InChI is InChI=1S/C17H17ClF3N3/c1-11(2)23-10-16(17(19,20)21)12-5-3-4-6-14(12)24(18)15-9-22-8-7-13(15)16/h3-9,11,23H,10H2,1-2H3. The predicted molar refractivity (Wildman–Crippen MR) is 88.6 cm³/mol. The van der Waals surface area contributed by atoms with Crippen LogP contribution in [-0.2, 0) is 5.41 Å². The van der Waals surface area contributed by atoms with Crippen LogP contribution in [0.5, 0.6) is 0 Å². The van der Waals surface area contributed by atoms with Gasteiger partial charge in [-0.15, -0.1) is 0 Å². The normalized spacial score (nSPS) is 20.0. The molecule has 0 radical (unpaired) electrons. The van der Waals surface area contributed by atoms with Crippen molar-refractivity contribution < 1.29 is 13.2 Å². The highest BCUT2D eigenvalue weighted by Gasteiger charge is 2.60. The predicted octanol–water partition coefficient (Wildman–Crippen LogP) is 4.53. The minimum Gasteiger partial charge on any atom is -0.313 e. The van der Waals surface area contributed by atoms with Crippen molar-refractivity contribution in [1.82, 2.24) is 10.3 Å². The van der Waals surface area contributed by atoms with Crippen LogP contribution in [0, 0.1) is 0 Å². The number of hydrogen-bond acceptors (Lipinski definition) is 3. The zero-order valence-corrected chi connectivity index (χ0v) is 14.0. The van der Waals surface area contributed by atoms with Crippen LogP contribution in [0.1, 0.15) is 25.0 Å². The van der Waals surface area contributed by atoms with Gasteiger partial charge in [-0.1, -0.05) is 32.0 Å². The highest BCUT2D eigenvalue weighted by molar-refractivity contribution is 6.30. The van der Waals surface area contributed by atoms with Crippen molar-refractivity contribution in [2.75, 3.05) is 11.0 Å². The smallest absolute Gasteiger partial charge is 0.313 e. The molecule has 0 bridgehead atoms. The van der Waals surface area contributed by atoms with E-state index in [9.17, 15) is 13.2 Å². The fraction of sp³-hybridized carbons (Fsp3) is 0.353. The van der Waals surface area contributed by atoms with E-state index in [1.165, 1.54) is 28.9 Å². The van der Waals surface area contributed by atoms with E-state index in [4.69, 9.17) is 11.8 Å². The van der Waals surface area contributed by atoms with Gasteiger partial charge in [0.05, 0.1) is 17.6 Å². The fourth-order valence-corrected chi connectivity index (χ4v) is 3.42. The summed E-state index contributed by atoms with van der Waals surface area (Å²) in [6.45, 7) is 3.37. The maximum Gasteiger partial charge on any atom is 0.403 e. The number of rotatable bonds is 3. The van der Waals surface area contributed by atoms with Gasteiger partial charge in [-0.25, -0.2) is 0 Å².